The third-order valence-corrected chi connectivity index (χ3v) is 5.23. The fourth-order valence-electron chi connectivity index (χ4n) is 3.89. The minimum absolute atomic E-state index is 0.0918. The van der Waals surface area contributed by atoms with Gasteiger partial charge in [0.2, 0.25) is 5.91 Å². The fraction of sp³-hybridized carbons (Fsp3) is 0.556. The van der Waals surface area contributed by atoms with E-state index in [4.69, 9.17) is 0 Å². The highest BCUT2D eigenvalue weighted by Gasteiger charge is 2.44. The molecule has 0 aromatic heterocycles. The monoisotopic (exact) mass is 300 g/mol. The lowest BCUT2D eigenvalue weighted by Gasteiger charge is -2.50. The number of carbonyl (C=O) groups excluding carboxylic acids is 2. The van der Waals surface area contributed by atoms with Crippen molar-refractivity contribution >= 4 is 11.8 Å². The van der Waals surface area contributed by atoms with E-state index in [1.807, 2.05) is 48.0 Å². The number of benzene rings is 1. The summed E-state index contributed by atoms with van der Waals surface area (Å²) in [5.74, 6) is 0.310. The highest BCUT2D eigenvalue weighted by molar-refractivity contribution is 5.94. The van der Waals surface area contributed by atoms with Crippen LogP contribution in [0.5, 0.6) is 0 Å². The highest BCUT2D eigenvalue weighted by Crippen LogP contribution is 2.36. The van der Waals surface area contributed by atoms with Crippen LogP contribution in [0.25, 0.3) is 0 Å². The molecule has 4 heteroatoms. The predicted molar refractivity (Wildman–Crippen MR) is 85.7 cm³/mol. The quantitative estimate of drug-likeness (QED) is 0.800. The van der Waals surface area contributed by atoms with Crippen molar-refractivity contribution in [2.75, 3.05) is 20.1 Å². The Bertz CT molecular complexity index is 595. The zero-order valence-electron chi connectivity index (χ0n) is 13.5. The predicted octanol–water partition coefficient (Wildman–Crippen LogP) is 2.61. The third kappa shape index (κ3) is 2.62. The molecule has 0 saturated carbocycles. The minimum Gasteiger partial charge on any atom is -0.338 e. The average Bonchev–Trinajstić information content (AvgIpc) is 2.52. The third-order valence-electron chi connectivity index (χ3n) is 5.23. The maximum atomic E-state index is 12.8. The number of amides is 2. The molecule has 1 aromatic carbocycles. The summed E-state index contributed by atoms with van der Waals surface area (Å²) in [6.45, 7) is 3.46. The SMILES string of the molecule is Cc1cccc(C(=O)N2CCC[C@@]3(CCCC(=O)N3C)C2)c1. The summed E-state index contributed by atoms with van der Waals surface area (Å²) < 4.78 is 0. The van der Waals surface area contributed by atoms with E-state index in [0.29, 0.717) is 13.0 Å². The molecule has 1 aromatic rings. The fourth-order valence-corrected chi connectivity index (χ4v) is 3.89. The lowest BCUT2D eigenvalue weighted by atomic mass is 9.80. The van der Waals surface area contributed by atoms with Crippen LogP contribution in [0.2, 0.25) is 0 Å². The molecule has 0 radical (unpaired) electrons. The van der Waals surface area contributed by atoms with Crippen LogP contribution in [0, 0.1) is 6.92 Å². The summed E-state index contributed by atoms with van der Waals surface area (Å²) in [7, 11) is 1.90. The first-order valence-corrected chi connectivity index (χ1v) is 8.14. The van der Waals surface area contributed by atoms with Crippen molar-refractivity contribution in [1.29, 1.82) is 0 Å². The Morgan fingerprint density at radius 2 is 2.00 bits per heavy atom. The number of hydrogen-bond acceptors (Lipinski definition) is 2. The van der Waals surface area contributed by atoms with Gasteiger partial charge in [0.1, 0.15) is 0 Å². The number of likely N-dealkylation sites (tertiary alicyclic amines) is 2. The smallest absolute Gasteiger partial charge is 0.253 e. The van der Waals surface area contributed by atoms with Crippen LogP contribution in [-0.4, -0.2) is 47.3 Å². The van der Waals surface area contributed by atoms with Crippen molar-refractivity contribution in [3.63, 3.8) is 0 Å². The summed E-state index contributed by atoms with van der Waals surface area (Å²) in [5.41, 5.74) is 1.71. The van der Waals surface area contributed by atoms with Gasteiger partial charge in [-0.3, -0.25) is 9.59 Å². The highest BCUT2D eigenvalue weighted by atomic mass is 16.2. The topological polar surface area (TPSA) is 40.6 Å². The number of hydrogen-bond donors (Lipinski definition) is 0. The molecule has 1 spiro atoms. The first-order chi connectivity index (χ1) is 10.5. The van der Waals surface area contributed by atoms with Crippen molar-refractivity contribution in [3.8, 4) is 0 Å². The maximum absolute atomic E-state index is 12.8. The second-order valence-corrected chi connectivity index (χ2v) is 6.73. The Hall–Kier alpha value is -1.84. The summed E-state index contributed by atoms with van der Waals surface area (Å²) in [5, 5.41) is 0. The van der Waals surface area contributed by atoms with Crippen LogP contribution in [0.15, 0.2) is 24.3 Å². The number of piperidine rings is 2. The van der Waals surface area contributed by atoms with Crippen molar-refractivity contribution in [3.05, 3.63) is 35.4 Å². The van der Waals surface area contributed by atoms with Crippen LogP contribution in [0.1, 0.15) is 48.0 Å². The van der Waals surface area contributed by atoms with Crippen LogP contribution in [0.3, 0.4) is 0 Å². The molecule has 2 fully saturated rings. The van der Waals surface area contributed by atoms with Crippen molar-refractivity contribution < 1.29 is 9.59 Å². The van der Waals surface area contributed by atoms with Gasteiger partial charge in [0, 0.05) is 32.1 Å². The van der Waals surface area contributed by atoms with Crippen molar-refractivity contribution in [2.24, 2.45) is 0 Å². The Morgan fingerprint density at radius 3 is 2.77 bits per heavy atom. The van der Waals surface area contributed by atoms with Crippen LogP contribution in [-0.2, 0) is 4.79 Å². The van der Waals surface area contributed by atoms with Crippen LogP contribution in [0.4, 0.5) is 0 Å². The van der Waals surface area contributed by atoms with E-state index in [1.54, 1.807) is 0 Å². The van der Waals surface area contributed by atoms with Crippen LogP contribution >= 0.6 is 0 Å². The van der Waals surface area contributed by atoms with Crippen molar-refractivity contribution in [2.45, 2.75) is 44.6 Å². The Labute approximate surface area is 132 Å². The average molecular weight is 300 g/mol. The van der Waals surface area contributed by atoms with E-state index >= 15 is 0 Å². The summed E-state index contributed by atoms with van der Waals surface area (Å²) in [6, 6.07) is 7.76. The maximum Gasteiger partial charge on any atom is 0.253 e. The van der Waals surface area contributed by atoms with Gasteiger partial charge in [-0.05, 0) is 44.7 Å². The standard InChI is InChI=1S/C18H24N2O2/c1-14-6-3-7-15(12-14)17(22)20-11-5-10-18(13-20)9-4-8-16(21)19(18)2/h3,6-7,12H,4-5,8-11,13H2,1-2H3/t18-/m0/s1. The van der Waals surface area contributed by atoms with Gasteiger partial charge in [-0.1, -0.05) is 17.7 Å². The van der Waals surface area contributed by atoms with Gasteiger partial charge in [0.25, 0.3) is 5.91 Å². The molecule has 0 bridgehead atoms. The Morgan fingerprint density at radius 1 is 1.23 bits per heavy atom. The first kappa shape index (κ1) is 15.1. The molecule has 2 heterocycles. The first-order valence-electron chi connectivity index (χ1n) is 8.14. The Kier molecular flexibility index (Phi) is 3.94. The second-order valence-electron chi connectivity index (χ2n) is 6.73. The lowest BCUT2D eigenvalue weighted by molar-refractivity contribution is -0.142. The summed E-state index contributed by atoms with van der Waals surface area (Å²) in [6.07, 6.45) is 4.56. The zero-order valence-corrected chi connectivity index (χ0v) is 13.5. The van der Waals surface area contributed by atoms with Gasteiger partial charge >= 0.3 is 0 Å². The van der Waals surface area contributed by atoms with E-state index in [9.17, 15) is 9.59 Å². The molecule has 3 rings (SSSR count). The molecule has 2 saturated heterocycles. The molecule has 0 N–H and O–H groups in total. The van der Waals surface area contributed by atoms with E-state index in [2.05, 4.69) is 0 Å². The second kappa shape index (κ2) is 5.75. The van der Waals surface area contributed by atoms with Crippen molar-refractivity contribution in [1.82, 2.24) is 9.80 Å². The van der Waals surface area contributed by atoms with Gasteiger partial charge in [-0.2, -0.15) is 0 Å². The number of nitrogens with zero attached hydrogens (tertiary/aromatic N) is 2. The zero-order chi connectivity index (χ0) is 15.7. The van der Waals surface area contributed by atoms with E-state index in [-0.39, 0.29) is 17.4 Å². The summed E-state index contributed by atoms with van der Waals surface area (Å²) in [4.78, 5) is 28.7. The number of rotatable bonds is 1. The molecular weight excluding hydrogens is 276 g/mol. The van der Waals surface area contributed by atoms with Gasteiger partial charge in [-0.25, -0.2) is 0 Å². The lowest BCUT2D eigenvalue weighted by Crippen LogP contribution is -2.61. The minimum atomic E-state index is -0.146. The molecular formula is C18H24N2O2. The molecule has 1 atom stereocenters. The number of carbonyl (C=O) groups is 2. The number of likely N-dealkylation sites (N-methyl/N-ethyl adjacent to an activating group) is 1. The van der Waals surface area contributed by atoms with Gasteiger partial charge in [0.15, 0.2) is 0 Å². The van der Waals surface area contributed by atoms with E-state index < -0.39 is 0 Å². The van der Waals surface area contributed by atoms with E-state index in [1.165, 1.54) is 0 Å². The van der Waals surface area contributed by atoms with Gasteiger partial charge in [0.05, 0.1) is 5.54 Å². The van der Waals surface area contributed by atoms with Gasteiger partial charge in [-0.15, -0.1) is 0 Å². The Balaban J connectivity index is 1.81. The largest absolute Gasteiger partial charge is 0.338 e. The molecule has 22 heavy (non-hydrogen) atoms. The molecule has 118 valence electrons. The number of aryl methyl sites for hydroxylation is 1. The van der Waals surface area contributed by atoms with Gasteiger partial charge < -0.3 is 9.80 Å². The van der Waals surface area contributed by atoms with Crippen LogP contribution < -0.4 is 0 Å². The molecule has 2 amide bonds. The molecule has 2 aliphatic rings. The molecule has 0 aliphatic carbocycles. The van der Waals surface area contributed by atoms with E-state index in [0.717, 1.165) is 43.4 Å². The molecule has 0 unspecified atom stereocenters. The summed E-state index contributed by atoms with van der Waals surface area (Å²) >= 11 is 0. The molecule has 4 nitrogen and oxygen atoms in total. The normalized spacial score (nSPS) is 25.6. The molecule has 2 aliphatic heterocycles.